The maximum absolute atomic E-state index is 12.8. The molecule has 0 saturated carbocycles. The Balaban J connectivity index is 1.83. The summed E-state index contributed by atoms with van der Waals surface area (Å²) in [5, 5.41) is 10.7. The minimum atomic E-state index is -1.05. The molecular formula is C19H21NO3. The molecule has 3 rings (SSSR count). The highest BCUT2D eigenvalue weighted by Gasteiger charge is 2.48. The standard InChI is InChI=1S/C19H21NO3/c1-19(22)13-20(15-8-10-16(23-2)11-9-15)18(21)17(19)12-14-6-4-3-5-7-14/h3-11,17,22H,12-13H2,1-2H3/t17-,19+/m1/s1. The van der Waals surface area contributed by atoms with Gasteiger partial charge in [-0.2, -0.15) is 0 Å². The number of anilines is 1. The fourth-order valence-electron chi connectivity index (χ4n) is 3.10. The molecule has 1 aliphatic heterocycles. The normalized spacial score (nSPS) is 24.0. The van der Waals surface area contributed by atoms with Crippen molar-refractivity contribution in [2.75, 3.05) is 18.6 Å². The Labute approximate surface area is 136 Å². The van der Waals surface area contributed by atoms with Gasteiger partial charge >= 0.3 is 0 Å². The fourth-order valence-corrected chi connectivity index (χ4v) is 3.10. The molecule has 120 valence electrons. The number of aliphatic hydroxyl groups is 1. The molecular weight excluding hydrogens is 290 g/mol. The first-order chi connectivity index (χ1) is 11.0. The molecule has 1 saturated heterocycles. The third kappa shape index (κ3) is 3.08. The van der Waals surface area contributed by atoms with E-state index in [1.165, 1.54) is 0 Å². The number of methoxy groups -OCH3 is 1. The molecule has 4 heteroatoms. The lowest BCUT2D eigenvalue weighted by Gasteiger charge is -2.22. The summed E-state index contributed by atoms with van der Waals surface area (Å²) >= 11 is 0. The van der Waals surface area contributed by atoms with Gasteiger partial charge < -0.3 is 14.7 Å². The van der Waals surface area contributed by atoms with Crippen LogP contribution in [0.15, 0.2) is 54.6 Å². The van der Waals surface area contributed by atoms with Crippen LogP contribution < -0.4 is 9.64 Å². The molecule has 23 heavy (non-hydrogen) atoms. The SMILES string of the molecule is COc1ccc(N2C[C@](C)(O)[C@H](Cc3ccccc3)C2=O)cc1. The van der Waals surface area contributed by atoms with Crippen molar-refractivity contribution in [3.63, 3.8) is 0 Å². The molecule has 1 aliphatic rings. The minimum absolute atomic E-state index is 0.0379. The first kappa shape index (κ1) is 15.6. The van der Waals surface area contributed by atoms with Gasteiger partial charge in [-0.1, -0.05) is 30.3 Å². The highest BCUT2D eigenvalue weighted by Crippen LogP contribution is 2.35. The molecule has 0 aromatic heterocycles. The summed E-state index contributed by atoms with van der Waals surface area (Å²) < 4.78 is 5.15. The van der Waals surface area contributed by atoms with Crippen molar-refractivity contribution in [3.8, 4) is 5.75 Å². The van der Waals surface area contributed by atoms with Gasteiger partial charge in [-0.05, 0) is 43.2 Å². The van der Waals surface area contributed by atoms with E-state index in [1.807, 2.05) is 54.6 Å². The Morgan fingerprint density at radius 3 is 2.43 bits per heavy atom. The van der Waals surface area contributed by atoms with E-state index in [-0.39, 0.29) is 5.91 Å². The van der Waals surface area contributed by atoms with Gasteiger partial charge in [0, 0.05) is 5.69 Å². The Morgan fingerprint density at radius 2 is 1.83 bits per heavy atom. The summed E-state index contributed by atoms with van der Waals surface area (Å²) in [5.74, 6) is 0.268. The zero-order valence-electron chi connectivity index (χ0n) is 13.4. The van der Waals surface area contributed by atoms with Crippen LogP contribution in [-0.4, -0.2) is 30.3 Å². The number of hydrogen-bond donors (Lipinski definition) is 1. The number of nitrogens with zero attached hydrogens (tertiary/aromatic N) is 1. The van der Waals surface area contributed by atoms with Crippen LogP contribution >= 0.6 is 0 Å². The number of amides is 1. The van der Waals surface area contributed by atoms with E-state index in [0.29, 0.717) is 13.0 Å². The summed E-state index contributed by atoms with van der Waals surface area (Å²) in [6, 6.07) is 17.1. The first-order valence-corrected chi connectivity index (χ1v) is 7.73. The van der Waals surface area contributed by atoms with Gasteiger partial charge in [0.15, 0.2) is 0 Å². The Hall–Kier alpha value is -2.33. The minimum Gasteiger partial charge on any atom is -0.497 e. The van der Waals surface area contributed by atoms with E-state index in [1.54, 1.807) is 18.9 Å². The van der Waals surface area contributed by atoms with Crippen molar-refractivity contribution < 1.29 is 14.6 Å². The second-order valence-corrected chi connectivity index (χ2v) is 6.22. The van der Waals surface area contributed by atoms with E-state index < -0.39 is 11.5 Å². The molecule has 0 bridgehead atoms. The molecule has 2 atom stereocenters. The van der Waals surface area contributed by atoms with Crippen LogP contribution in [0.2, 0.25) is 0 Å². The predicted octanol–water partition coefficient (Wildman–Crippen LogP) is 2.65. The van der Waals surface area contributed by atoms with Crippen molar-refractivity contribution >= 4 is 11.6 Å². The number of β-amino-alcohol motifs (C(OH)–C–C–N with tert-alkyl or cyclic N) is 1. The van der Waals surface area contributed by atoms with Gasteiger partial charge in [0.25, 0.3) is 0 Å². The molecule has 0 radical (unpaired) electrons. The predicted molar refractivity (Wildman–Crippen MR) is 89.6 cm³/mol. The van der Waals surface area contributed by atoms with Crippen molar-refractivity contribution in [3.05, 3.63) is 60.2 Å². The molecule has 2 aromatic carbocycles. The first-order valence-electron chi connectivity index (χ1n) is 7.73. The van der Waals surface area contributed by atoms with Gasteiger partial charge in [0.2, 0.25) is 5.91 Å². The Morgan fingerprint density at radius 1 is 1.17 bits per heavy atom. The summed E-state index contributed by atoms with van der Waals surface area (Å²) in [4.78, 5) is 14.5. The lowest BCUT2D eigenvalue weighted by atomic mass is 9.87. The molecule has 0 aliphatic carbocycles. The van der Waals surface area contributed by atoms with Gasteiger partial charge in [-0.3, -0.25) is 4.79 Å². The van der Waals surface area contributed by atoms with E-state index in [2.05, 4.69) is 0 Å². The maximum atomic E-state index is 12.8. The van der Waals surface area contributed by atoms with Crippen LogP contribution in [0.1, 0.15) is 12.5 Å². The van der Waals surface area contributed by atoms with E-state index in [4.69, 9.17) is 4.74 Å². The third-order valence-corrected chi connectivity index (χ3v) is 4.46. The van der Waals surface area contributed by atoms with Crippen molar-refractivity contribution in [2.24, 2.45) is 5.92 Å². The van der Waals surface area contributed by atoms with Crippen molar-refractivity contribution in [1.29, 1.82) is 0 Å². The summed E-state index contributed by atoms with van der Waals surface area (Å²) in [5.41, 5.74) is 0.793. The number of carbonyl (C=O) groups excluding carboxylic acids is 1. The largest absolute Gasteiger partial charge is 0.497 e. The van der Waals surface area contributed by atoms with Gasteiger partial charge in [-0.25, -0.2) is 0 Å². The highest BCUT2D eigenvalue weighted by molar-refractivity contribution is 5.98. The van der Waals surface area contributed by atoms with E-state index in [0.717, 1.165) is 17.0 Å². The molecule has 1 N–H and O–H groups in total. The molecule has 1 amide bonds. The van der Waals surface area contributed by atoms with Crippen LogP contribution in [0, 0.1) is 5.92 Å². The molecule has 2 aromatic rings. The average molecular weight is 311 g/mol. The lowest BCUT2D eigenvalue weighted by Crippen LogP contribution is -2.36. The number of ether oxygens (including phenoxy) is 1. The number of carbonyl (C=O) groups is 1. The molecule has 1 heterocycles. The Bertz CT molecular complexity index is 680. The second-order valence-electron chi connectivity index (χ2n) is 6.22. The van der Waals surface area contributed by atoms with Crippen LogP contribution in [-0.2, 0) is 11.2 Å². The summed E-state index contributed by atoms with van der Waals surface area (Å²) in [6.45, 7) is 2.04. The second kappa shape index (κ2) is 6.05. The van der Waals surface area contributed by atoms with Crippen molar-refractivity contribution in [2.45, 2.75) is 18.9 Å². The van der Waals surface area contributed by atoms with Crippen LogP contribution in [0.25, 0.3) is 0 Å². The van der Waals surface area contributed by atoms with Gasteiger partial charge in [-0.15, -0.1) is 0 Å². The average Bonchev–Trinajstić information content (AvgIpc) is 2.79. The van der Waals surface area contributed by atoms with E-state index >= 15 is 0 Å². The zero-order chi connectivity index (χ0) is 16.4. The van der Waals surface area contributed by atoms with Crippen LogP contribution in [0.4, 0.5) is 5.69 Å². The summed E-state index contributed by atoms with van der Waals surface area (Å²) in [7, 11) is 1.61. The van der Waals surface area contributed by atoms with E-state index in [9.17, 15) is 9.90 Å². The molecule has 0 spiro atoms. The topological polar surface area (TPSA) is 49.8 Å². The third-order valence-electron chi connectivity index (χ3n) is 4.46. The number of benzene rings is 2. The van der Waals surface area contributed by atoms with Crippen LogP contribution in [0.3, 0.4) is 0 Å². The lowest BCUT2D eigenvalue weighted by molar-refractivity contribution is -0.123. The zero-order valence-corrected chi connectivity index (χ0v) is 13.4. The van der Waals surface area contributed by atoms with Gasteiger partial charge in [0.1, 0.15) is 5.75 Å². The smallest absolute Gasteiger partial charge is 0.233 e. The molecule has 1 fully saturated rings. The number of rotatable bonds is 4. The molecule has 0 unspecified atom stereocenters. The fraction of sp³-hybridized carbons (Fsp3) is 0.316. The van der Waals surface area contributed by atoms with Crippen LogP contribution in [0.5, 0.6) is 5.75 Å². The monoisotopic (exact) mass is 311 g/mol. The number of hydrogen-bond acceptors (Lipinski definition) is 3. The highest BCUT2D eigenvalue weighted by atomic mass is 16.5. The van der Waals surface area contributed by atoms with Crippen molar-refractivity contribution in [1.82, 2.24) is 0 Å². The maximum Gasteiger partial charge on any atom is 0.233 e. The van der Waals surface area contributed by atoms with Gasteiger partial charge in [0.05, 0.1) is 25.2 Å². The summed E-state index contributed by atoms with van der Waals surface area (Å²) in [6.07, 6.45) is 0.541. The Kier molecular flexibility index (Phi) is 4.09. The quantitative estimate of drug-likeness (QED) is 0.944. The molecule has 4 nitrogen and oxygen atoms in total.